The molecule has 18 heavy (non-hydrogen) atoms. The Morgan fingerprint density at radius 2 is 2.28 bits per heavy atom. The highest BCUT2D eigenvalue weighted by Crippen LogP contribution is 2.31. The molecule has 4 nitrogen and oxygen atoms in total. The highest BCUT2D eigenvalue weighted by atomic mass is 79.9. The van der Waals surface area contributed by atoms with Crippen LogP contribution >= 0.6 is 15.9 Å². The van der Waals surface area contributed by atoms with Gasteiger partial charge in [0.25, 0.3) is 0 Å². The van der Waals surface area contributed by atoms with Crippen LogP contribution in [0.5, 0.6) is 0 Å². The molecule has 1 fully saturated rings. The van der Waals surface area contributed by atoms with Crippen LogP contribution in [0.1, 0.15) is 12.5 Å². The van der Waals surface area contributed by atoms with Gasteiger partial charge in [0.1, 0.15) is 6.07 Å². The van der Waals surface area contributed by atoms with Crippen LogP contribution < -0.4 is 4.90 Å². The van der Waals surface area contributed by atoms with E-state index in [0.717, 1.165) is 23.2 Å². The molecule has 0 amide bonds. The maximum Gasteiger partial charge on any atom is 0.306 e. The summed E-state index contributed by atoms with van der Waals surface area (Å²) in [6.45, 7) is 3.26. The third-order valence-corrected chi connectivity index (χ3v) is 4.10. The molecule has 0 aliphatic carbocycles. The van der Waals surface area contributed by atoms with E-state index in [4.69, 9.17) is 10.4 Å². The molecule has 1 aromatic rings. The molecule has 1 aliphatic rings. The molecule has 0 spiro atoms. The lowest BCUT2D eigenvalue weighted by Crippen LogP contribution is -2.51. The molecule has 1 heterocycles. The number of aliphatic carboxylic acids is 1. The predicted octanol–water partition coefficient (Wildman–Crippen LogP) is 2.48. The Morgan fingerprint density at radius 1 is 1.61 bits per heavy atom. The first-order chi connectivity index (χ1) is 8.52. The fourth-order valence-electron chi connectivity index (χ4n) is 2.03. The van der Waals surface area contributed by atoms with Crippen molar-refractivity contribution in [3.05, 3.63) is 28.2 Å². The molecule has 1 atom stereocenters. The Balaban J connectivity index is 2.03. The van der Waals surface area contributed by atoms with Crippen molar-refractivity contribution in [3.63, 3.8) is 0 Å². The molecular formula is C13H13BrN2O2. The average molecular weight is 309 g/mol. The van der Waals surface area contributed by atoms with Crippen LogP contribution in [0.4, 0.5) is 5.69 Å². The maximum absolute atomic E-state index is 10.9. The van der Waals surface area contributed by atoms with E-state index in [1.807, 2.05) is 12.1 Å². The van der Waals surface area contributed by atoms with Crippen molar-refractivity contribution in [3.8, 4) is 6.07 Å². The van der Waals surface area contributed by atoms with Crippen molar-refractivity contribution in [2.24, 2.45) is 11.8 Å². The summed E-state index contributed by atoms with van der Waals surface area (Å²) in [6, 6.07) is 7.66. The zero-order valence-corrected chi connectivity index (χ0v) is 11.5. The third-order valence-electron chi connectivity index (χ3n) is 3.44. The van der Waals surface area contributed by atoms with E-state index in [0.29, 0.717) is 5.56 Å². The first kappa shape index (κ1) is 12.9. The lowest BCUT2D eigenvalue weighted by molar-refractivity contribution is -0.143. The molecule has 1 saturated heterocycles. The van der Waals surface area contributed by atoms with E-state index in [1.165, 1.54) is 0 Å². The minimum absolute atomic E-state index is 0.205. The number of benzene rings is 1. The van der Waals surface area contributed by atoms with Gasteiger partial charge in [0.05, 0.1) is 11.5 Å². The van der Waals surface area contributed by atoms with Crippen molar-refractivity contribution in [2.45, 2.75) is 6.92 Å². The predicted molar refractivity (Wildman–Crippen MR) is 71.4 cm³/mol. The monoisotopic (exact) mass is 308 g/mol. The summed E-state index contributed by atoms with van der Waals surface area (Å²) in [5.74, 6) is -0.833. The summed E-state index contributed by atoms with van der Waals surface area (Å²) in [5, 5.41) is 17.8. The van der Waals surface area contributed by atoms with E-state index >= 15 is 0 Å². The zero-order valence-electron chi connectivity index (χ0n) is 9.93. The van der Waals surface area contributed by atoms with Crippen molar-refractivity contribution in [1.29, 1.82) is 5.26 Å². The number of halogens is 1. The summed E-state index contributed by atoms with van der Waals surface area (Å²) in [7, 11) is 0. The van der Waals surface area contributed by atoms with Gasteiger partial charge < -0.3 is 10.0 Å². The number of nitrogens with zero attached hydrogens (tertiary/aromatic N) is 2. The van der Waals surface area contributed by atoms with E-state index < -0.39 is 5.97 Å². The van der Waals surface area contributed by atoms with Gasteiger partial charge in [-0.05, 0) is 34.1 Å². The fourth-order valence-corrected chi connectivity index (χ4v) is 2.49. The summed E-state index contributed by atoms with van der Waals surface area (Å²) < 4.78 is 0.775. The summed E-state index contributed by atoms with van der Waals surface area (Å²) in [4.78, 5) is 13.0. The second-order valence-corrected chi connectivity index (χ2v) is 5.42. The fraction of sp³-hybridized carbons (Fsp3) is 0.385. The Kier molecular flexibility index (Phi) is 3.58. The van der Waals surface area contributed by atoms with Gasteiger partial charge in [-0.25, -0.2) is 0 Å². The SMILES string of the molecule is CC(C(=O)O)C1CN(c2ccc(C#N)c(Br)c2)C1. The van der Waals surface area contributed by atoms with Crippen LogP contribution in [-0.4, -0.2) is 24.2 Å². The van der Waals surface area contributed by atoms with Crippen LogP contribution in [0.2, 0.25) is 0 Å². The minimum Gasteiger partial charge on any atom is -0.481 e. The quantitative estimate of drug-likeness (QED) is 0.931. The van der Waals surface area contributed by atoms with Gasteiger partial charge in [0, 0.05) is 29.2 Å². The summed E-state index contributed by atoms with van der Waals surface area (Å²) in [6.07, 6.45) is 0. The van der Waals surface area contributed by atoms with Gasteiger partial charge in [-0.3, -0.25) is 4.79 Å². The Hall–Kier alpha value is -1.54. The van der Waals surface area contributed by atoms with Gasteiger partial charge in [-0.1, -0.05) is 6.92 Å². The number of carboxylic acid groups (broad SMARTS) is 1. The van der Waals surface area contributed by atoms with Crippen LogP contribution in [0, 0.1) is 23.2 Å². The van der Waals surface area contributed by atoms with Crippen LogP contribution in [0.15, 0.2) is 22.7 Å². The number of nitriles is 1. The van der Waals surface area contributed by atoms with Crippen LogP contribution in [-0.2, 0) is 4.79 Å². The molecule has 1 aromatic carbocycles. The van der Waals surface area contributed by atoms with Crippen molar-refractivity contribution >= 4 is 27.6 Å². The van der Waals surface area contributed by atoms with E-state index in [2.05, 4.69) is 26.9 Å². The van der Waals surface area contributed by atoms with Gasteiger partial charge in [0.2, 0.25) is 0 Å². The first-order valence-electron chi connectivity index (χ1n) is 5.70. The third kappa shape index (κ3) is 2.34. The van der Waals surface area contributed by atoms with Crippen LogP contribution in [0.25, 0.3) is 0 Å². The summed E-state index contributed by atoms with van der Waals surface area (Å²) in [5.41, 5.74) is 1.63. The minimum atomic E-state index is -0.736. The molecule has 94 valence electrons. The first-order valence-corrected chi connectivity index (χ1v) is 6.49. The Bertz CT molecular complexity index is 518. The average Bonchev–Trinajstić information content (AvgIpc) is 2.27. The van der Waals surface area contributed by atoms with Gasteiger partial charge in [0.15, 0.2) is 0 Å². The largest absolute Gasteiger partial charge is 0.481 e. The molecule has 1 unspecified atom stereocenters. The van der Waals surface area contributed by atoms with Crippen molar-refractivity contribution < 1.29 is 9.90 Å². The normalized spacial score (nSPS) is 16.8. The highest BCUT2D eigenvalue weighted by molar-refractivity contribution is 9.10. The van der Waals surface area contributed by atoms with E-state index in [-0.39, 0.29) is 11.8 Å². The molecular weight excluding hydrogens is 296 g/mol. The lowest BCUT2D eigenvalue weighted by Gasteiger charge is -2.43. The number of hydrogen-bond acceptors (Lipinski definition) is 3. The maximum atomic E-state index is 10.9. The summed E-state index contributed by atoms with van der Waals surface area (Å²) >= 11 is 3.35. The second kappa shape index (κ2) is 4.99. The van der Waals surface area contributed by atoms with Gasteiger partial charge in [-0.2, -0.15) is 5.26 Å². The number of rotatable bonds is 3. The van der Waals surface area contributed by atoms with E-state index in [1.54, 1.807) is 13.0 Å². The Morgan fingerprint density at radius 3 is 2.78 bits per heavy atom. The molecule has 1 aliphatic heterocycles. The highest BCUT2D eigenvalue weighted by Gasteiger charge is 2.34. The van der Waals surface area contributed by atoms with Crippen LogP contribution in [0.3, 0.4) is 0 Å². The number of anilines is 1. The zero-order chi connectivity index (χ0) is 13.3. The molecule has 0 aromatic heterocycles. The molecule has 0 bridgehead atoms. The molecule has 5 heteroatoms. The van der Waals surface area contributed by atoms with Crippen molar-refractivity contribution in [1.82, 2.24) is 0 Å². The molecule has 1 N–H and O–H groups in total. The topological polar surface area (TPSA) is 64.3 Å². The van der Waals surface area contributed by atoms with Crippen molar-refractivity contribution in [2.75, 3.05) is 18.0 Å². The standard InChI is InChI=1S/C13H13BrN2O2/c1-8(13(17)18)10-6-16(7-10)11-3-2-9(5-15)12(14)4-11/h2-4,8,10H,6-7H2,1H3,(H,17,18). The molecule has 0 saturated carbocycles. The second-order valence-electron chi connectivity index (χ2n) is 4.57. The van der Waals surface area contributed by atoms with Gasteiger partial charge in [-0.15, -0.1) is 0 Å². The lowest BCUT2D eigenvalue weighted by atomic mass is 9.86. The number of carbonyl (C=O) groups is 1. The number of carboxylic acids is 1. The molecule has 2 rings (SSSR count). The van der Waals surface area contributed by atoms with Gasteiger partial charge >= 0.3 is 5.97 Å². The number of hydrogen-bond donors (Lipinski definition) is 1. The Labute approximate surface area is 114 Å². The van der Waals surface area contributed by atoms with E-state index in [9.17, 15) is 4.79 Å². The molecule has 0 radical (unpaired) electrons. The smallest absolute Gasteiger partial charge is 0.306 e.